The van der Waals surface area contributed by atoms with E-state index in [1.165, 1.54) is 37.7 Å². The first kappa shape index (κ1) is 18.9. The molecule has 6 nitrogen and oxygen atoms in total. The van der Waals surface area contributed by atoms with Crippen molar-refractivity contribution in [3.63, 3.8) is 0 Å². The highest BCUT2D eigenvalue weighted by Gasteiger charge is 2.18. The SMILES string of the molecule is C[C@H](CCNC(=O)CSc1nc2ccccc2n(C)c1=O)N1CCCC1. The summed E-state index contributed by atoms with van der Waals surface area (Å²) in [5, 5.41) is 3.32. The van der Waals surface area contributed by atoms with Crippen LogP contribution in [0, 0.1) is 0 Å². The van der Waals surface area contributed by atoms with Gasteiger partial charge in [-0.1, -0.05) is 23.9 Å². The number of aromatic nitrogens is 2. The second-order valence-electron chi connectivity index (χ2n) is 6.79. The predicted octanol–water partition coefficient (Wildman–Crippen LogP) is 2.02. The van der Waals surface area contributed by atoms with Crippen LogP contribution in [0.1, 0.15) is 26.2 Å². The average Bonchev–Trinajstić information content (AvgIpc) is 3.18. The Kier molecular flexibility index (Phi) is 6.32. The summed E-state index contributed by atoms with van der Waals surface area (Å²) in [4.78, 5) is 31.4. The quantitative estimate of drug-likeness (QED) is 0.751. The molecular formula is C19H26N4O2S. The number of benzene rings is 1. The van der Waals surface area contributed by atoms with E-state index in [9.17, 15) is 9.59 Å². The van der Waals surface area contributed by atoms with Crippen LogP contribution in [0.2, 0.25) is 0 Å². The van der Waals surface area contributed by atoms with Gasteiger partial charge in [-0.3, -0.25) is 9.59 Å². The largest absolute Gasteiger partial charge is 0.355 e. The average molecular weight is 375 g/mol. The summed E-state index contributed by atoms with van der Waals surface area (Å²) in [6.45, 7) is 5.22. The maximum absolute atomic E-state index is 12.4. The van der Waals surface area contributed by atoms with Gasteiger partial charge in [0.15, 0.2) is 5.03 Å². The molecule has 0 radical (unpaired) electrons. The molecule has 1 atom stereocenters. The number of hydrogen-bond acceptors (Lipinski definition) is 5. The van der Waals surface area contributed by atoms with Gasteiger partial charge in [0, 0.05) is 19.6 Å². The predicted molar refractivity (Wildman–Crippen MR) is 106 cm³/mol. The first-order valence-corrected chi connectivity index (χ1v) is 10.1. The first-order chi connectivity index (χ1) is 12.6. The topological polar surface area (TPSA) is 67.2 Å². The summed E-state index contributed by atoms with van der Waals surface area (Å²) in [5.41, 5.74) is 1.39. The van der Waals surface area contributed by atoms with Gasteiger partial charge in [0.25, 0.3) is 5.56 Å². The molecule has 1 aromatic carbocycles. The molecule has 26 heavy (non-hydrogen) atoms. The molecule has 0 unspecified atom stereocenters. The normalized spacial score (nSPS) is 16.1. The van der Waals surface area contributed by atoms with Crippen molar-refractivity contribution in [1.82, 2.24) is 19.8 Å². The van der Waals surface area contributed by atoms with Crippen LogP contribution < -0.4 is 10.9 Å². The molecule has 1 aromatic heterocycles. The van der Waals surface area contributed by atoms with Gasteiger partial charge in [0.05, 0.1) is 16.8 Å². The standard InChI is InChI=1S/C19H26N4O2S/c1-14(23-11-5-6-12-23)9-10-20-17(24)13-26-18-19(25)22(2)16-8-4-3-7-15(16)21-18/h3-4,7-8,14H,5-6,9-13H2,1-2H3,(H,20,24)/t14-/m1/s1. The molecule has 1 fully saturated rings. The number of carbonyl (C=O) groups excluding carboxylic acids is 1. The zero-order valence-electron chi connectivity index (χ0n) is 15.4. The van der Waals surface area contributed by atoms with E-state index in [0.29, 0.717) is 17.6 Å². The molecule has 1 aliphatic heterocycles. The van der Waals surface area contributed by atoms with Gasteiger partial charge in [0.2, 0.25) is 5.91 Å². The van der Waals surface area contributed by atoms with Gasteiger partial charge >= 0.3 is 0 Å². The zero-order chi connectivity index (χ0) is 18.5. The zero-order valence-corrected chi connectivity index (χ0v) is 16.2. The van der Waals surface area contributed by atoms with Crippen LogP contribution in [0.4, 0.5) is 0 Å². The van der Waals surface area contributed by atoms with Crippen LogP contribution >= 0.6 is 11.8 Å². The summed E-state index contributed by atoms with van der Waals surface area (Å²) in [6, 6.07) is 8.01. The Morgan fingerprint density at radius 1 is 1.31 bits per heavy atom. The number of para-hydroxylation sites is 2. The van der Waals surface area contributed by atoms with Crippen molar-refractivity contribution in [2.24, 2.45) is 7.05 Å². The van der Waals surface area contributed by atoms with Crippen LogP contribution in [-0.4, -0.2) is 51.8 Å². The van der Waals surface area contributed by atoms with Gasteiger partial charge in [-0.25, -0.2) is 4.98 Å². The molecule has 2 heterocycles. The smallest absolute Gasteiger partial charge is 0.283 e. The van der Waals surface area contributed by atoms with Crippen molar-refractivity contribution in [3.8, 4) is 0 Å². The van der Waals surface area contributed by atoms with Gasteiger partial charge < -0.3 is 14.8 Å². The number of fused-ring (bicyclic) bond motifs is 1. The van der Waals surface area contributed by atoms with E-state index in [0.717, 1.165) is 17.5 Å². The summed E-state index contributed by atoms with van der Waals surface area (Å²) in [5.74, 6) is 0.152. The minimum atomic E-state index is -0.163. The lowest BCUT2D eigenvalue weighted by atomic mass is 10.2. The van der Waals surface area contributed by atoms with Crippen molar-refractivity contribution >= 4 is 28.7 Å². The van der Waals surface area contributed by atoms with Crippen LogP contribution in [0.15, 0.2) is 34.1 Å². The summed E-state index contributed by atoms with van der Waals surface area (Å²) >= 11 is 1.20. The van der Waals surface area contributed by atoms with Crippen LogP contribution in [0.3, 0.4) is 0 Å². The molecule has 1 amide bonds. The fraction of sp³-hybridized carbons (Fsp3) is 0.526. The molecular weight excluding hydrogens is 348 g/mol. The summed E-state index contributed by atoms with van der Waals surface area (Å²) in [7, 11) is 1.73. The summed E-state index contributed by atoms with van der Waals surface area (Å²) < 4.78 is 1.58. The van der Waals surface area contributed by atoms with Gasteiger partial charge in [-0.05, 0) is 51.4 Å². The third-order valence-electron chi connectivity index (χ3n) is 4.94. The molecule has 1 saturated heterocycles. The Balaban J connectivity index is 1.50. The number of carbonyl (C=O) groups is 1. The molecule has 1 N–H and O–H groups in total. The number of hydrogen-bond donors (Lipinski definition) is 1. The summed E-state index contributed by atoms with van der Waals surface area (Å²) in [6.07, 6.45) is 3.51. The Morgan fingerprint density at radius 3 is 2.81 bits per heavy atom. The van der Waals surface area contributed by atoms with Crippen molar-refractivity contribution in [2.45, 2.75) is 37.3 Å². The van der Waals surface area contributed by atoms with E-state index in [1.54, 1.807) is 11.6 Å². The van der Waals surface area contributed by atoms with E-state index >= 15 is 0 Å². The lowest BCUT2D eigenvalue weighted by Gasteiger charge is -2.23. The highest BCUT2D eigenvalue weighted by atomic mass is 32.2. The molecule has 1 aliphatic rings. The molecule has 0 spiro atoms. The number of nitrogens with zero attached hydrogens (tertiary/aromatic N) is 3. The first-order valence-electron chi connectivity index (χ1n) is 9.15. The molecule has 0 aliphatic carbocycles. The molecule has 0 bridgehead atoms. The van der Waals surface area contributed by atoms with Crippen LogP contribution in [0.5, 0.6) is 0 Å². The number of likely N-dealkylation sites (tertiary alicyclic amines) is 1. The van der Waals surface area contributed by atoms with Gasteiger partial charge in [-0.2, -0.15) is 0 Å². The fourth-order valence-electron chi connectivity index (χ4n) is 3.32. The van der Waals surface area contributed by atoms with Crippen molar-refractivity contribution in [3.05, 3.63) is 34.6 Å². The molecule has 7 heteroatoms. The molecule has 2 aromatic rings. The van der Waals surface area contributed by atoms with Crippen molar-refractivity contribution in [2.75, 3.05) is 25.4 Å². The highest BCUT2D eigenvalue weighted by Crippen LogP contribution is 2.16. The maximum atomic E-state index is 12.4. The molecule has 0 saturated carbocycles. The van der Waals surface area contributed by atoms with E-state index in [4.69, 9.17) is 0 Å². The van der Waals surface area contributed by atoms with Crippen LogP contribution in [0.25, 0.3) is 11.0 Å². The lowest BCUT2D eigenvalue weighted by Crippen LogP contribution is -2.35. The van der Waals surface area contributed by atoms with E-state index in [-0.39, 0.29) is 17.2 Å². The van der Waals surface area contributed by atoms with Gasteiger partial charge in [-0.15, -0.1) is 0 Å². The van der Waals surface area contributed by atoms with E-state index in [2.05, 4.69) is 22.1 Å². The Labute approximate surface area is 158 Å². The number of rotatable bonds is 7. The third kappa shape index (κ3) is 4.45. The van der Waals surface area contributed by atoms with Crippen LogP contribution in [-0.2, 0) is 11.8 Å². The fourth-order valence-corrected chi connectivity index (χ4v) is 4.11. The van der Waals surface area contributed by atoms with E-state index in [1.807, 2.05) is 24.3 Å². The number of nitrogens with one attached hydrogen (secondary N) is 1. The van der Waals surface area contributed by atoms with E-state index < -0.39 is 0 Å². The van der Waals surface area contributed by atoms with Crippen molar-refractivity contribution < 1.29 is 4.79 Å². The number of aryl methyl sites for hydroxylation is 1. The lowest BCUT2D eigenvalue weighted by molar-refractivity contribution is -0.118. The Morgan fingerprint density at radius 2 is 2.04 bits per heavy atom. The number of thioether (sulfide) groups is 1. The minimum absolute atomic E-state index is 0.0550. The second kappa shape index (κ2) is 8.68. The second-order valence-corrected chi connectivity index (χ2v) is 7.75. The molecule has 140 valence electrons. The number of amides is 1. The minimum Gasteiger partial charge on any atom is -0.355 e. The monoisotopic (exact) mass is 374 g/mol. The van der Waals surface area contributed by atoms with Gasteiger partial charge in [0.1, 0.15) is 0 Å². The van der Waals surface area contributed by atoms with Crippen molar-refractivity contribution in [1.29, 1.82) is 0 Å². The maximum Gasteiger partial charge on any atom is 0.283 e. The third-order valence-corrected chi connectivity index (χ3v) is 5.89. The Hall–Kier alpha value is -1.86. The highest BCUT2D eigenvalue weighted by molar-refractivity contribution is 7.99. The Bertz CT molecular complexity index is 830. The molecule has 3 rings (SSSR count).